The quantitative estimate of drug-likeness (QED) is 0.688. The molecule has 0 aliphatic rings. The number of aliphatic hydroxyl groups excluding tert-OH is 1. The molecular formula is C17H28N2O2. The SMILES string of the molecule is CCC(C)(CC)NC(=O)NC(CCCO)c1ccccc1. The number of carbonyl (C=O) groups is 1. The van der Waals surface area contributed by atoms with Crippen LogP contribution in [0.1, 0.15) is 58.1 Å². The van der Waals surface area contributed by atoms with Gasteiger partial charge in [0.05, 0.1) is 6.04 Å². The number of aliphatic hydroxyl groups is 1. The van der Waals surface area contributed by atoms with Crippen molar-refractivity contribution in [1.29, 1.82) is 0 Å². The molecule has 1 rings (SSSR count). The molecule has 118 valence electrons. The molecule has 4 heteroatoms. The van der Waals surface area contributed by atoms with E-state index in [0.717, 1.165) is 24.8 Å². The molecule has 0 aliphatic heterocycles. The Labute approximate surface area is 128 Å². The van der Waals surface area contributed by atoms with Crippen LogP contribution in [0.3, 0.4) is 0 Å². The van der Waals surface area contributed by atoms with Gasteiger partial charge in [-0.3, -0.25) is 0 Å². The van der Waals surface area contributed by atoms with Gasteiger partial charge in [-0.1, -0.05) is 44.2 Å². The summed E-state index contributed by atoms with van der Waals surface area (Å²) in [6.07, 6.45) is 3.18. The Kier molecular flexibility index (Phi) is 7.23. The number of benzene rings is 1. The Morgan fingerprint density at radius 1 is 1.24 bits per heavy atom. The second kappa shape index (κ2) is 8.67. The second-order valence-electron chi connectivity index (χ2n) is 5.70. The van der Waals surface area contributed by atoms with E-state index in [1.165, 1.54) is 0 Å². The Bertz CT molecular complexity index is 416. The summed E-state index contributed by atoms with van der Waals surface area (Å²) in [6.45, 7) is 6.33. The lowest BCUT2D eigenvalue weighted by Gasteiger charge is -2.30. The van der Waals surface area contributed by atoms with Crippen LogP contribution in [0, 0.1) is 0 Å². The molecule has 0 heterocycles. The number of carbonyl (C=O) groups excluding carboxylic acids is 1. The first-order valence-electron chi connectivity index (χ1n) is 7.79. The standard InChI is InChI=1S/C17H28N2O2/c1-4-17(3,5-2)19-16(21)18-15(12-9-13-20)14-10-7-6-8-11-14/h6-8,10-11,15,20H,4-5,9,12-13H2,1-3H3,(H2,18,19,21). The van der Waals surface area contributed by atoms with E-state index in [4.69, 9.17) is 5.11 Å². The first-order valence-corrected chi connectivity index (χ1v) is 7.79. The van der Waals surface area contributed by atoms with Gasteiger partial charge in [0.15, 0.2) is 0 Å². The first-order chi connectivity index (χ1) is 10.0. The molecule has 3 N–H and O–H groups in total. The molecule has 21 heavy (non-hydrogen) atoms. The third-order valence-electron chi connectivity index (χ3n) is 4.13. The summed E-state index contributed by atoms with van der Waals surface area (Å²) in [4.78, 5) is 12.2. The van der Waals surface area contributed by atoms with Crippen LogP contribution in [-0.4, -0.2) is 23.3 Å². The fourth-order valence-electron chi connectivity index (χ4n) is 2.20. The van der Waals surface area contributed by atoms with Crippen molar-refractivity contribution in [3.05, 3.63) is 35.9 Å². The average molecular weight is 292 g/mol. The Balaban J connectivity index is 2.70. The minimum atomic E-state index is -0.178. The molecule has 0 saturated carbocycles. The average Bonchev–Trinajstić information content (AvgIpc) is 2.52. The number of amides is 2. The van der Waals surface area contributed by atoms with Crippen molar-refractivity contribution in [2.45, 2.75) is 58.0 Å². The van der Waals surface area contributed by atoms with Crippen molar-refractivity contribution < 1.29 is 9.90 Å². The lowest BCUT2D eigenvalue weighted by atomic mass is 9.96. The van der Waals surface area contributed by atoms with Gasteiger partial charge in [0.2, 0.25) is 0 Å². The molecule has 0 spiro atoms. The highest BCUT2D eigenvalue weighted by Gasteiger charge is 2.23. The molecule has 0 saturated heterocycles. The zero-order chi connectivity index (χ0) is 15.7. The van der Waals surface area contributed by atoms with E-state index in [9.17, 15) is 4.79 Å². The van der Waals surface area contributed by atoms with Crippen LogP contribution in [-0.2, 0) is 0 Å². The molecule has 1 atom stereocenters. The van der Waals surface area contributed by atoms with Crippen LogP contribution < -0.4 is 10.6 Å². The van der Waals surface area contributed by atoms with Crippen molar-refractivity contribution in [3.63, 3.8) is 0 Å². The van der Waals surface area contributed by atoms with Crippen LogP contribution in [0.15, 0.2) is 30.3 Å². The minimum absolute atomic E-state index is 0.0729. The monoisotopic (exact) mass is 292 g/mol. The van der Waals surface area contributed by atoms with Crippen molar-refractivity contribution in [2.24, 2.45) is 0 Å². The number of hydrogen-bond donors (Lipinski definition) is 3. The predicted octanol–water partition coefficient (Wildman–Crippen LogP) is 3.38. The zero-order valence-corrected chi connectivity index (χ0v) is 13.4. The summed E-state index contributed by atoms with van der Waals surface area (Å²) in [7, 11) is 0. The fraction of sp³-hybridized carbons (Fsp3) is 0.588. The summed E-state index contributed by atoms with van der Waals surface area (Å²) in [5.74, 6) is 0. The normalized spacial score (nSPS) is 12.8. The van der Waals surface area contributed by atoms with Crippen LogP contribution in [0.4, 0.5) is 4.79 Å². The summed E-state index contributed by atoms with van der Waals surface area (Å²) >= 11 is 0. The number of nitrogens with one attached hydrogen (secondary N) is 2. The number of urea groups is 1. The van der Waals surface area contributed by atoms with Gasteiger partial charge in [-0.25, -0.2) is 4.79 Å². The van der Waals surface area contributed by atoms with E-state index >= 15 is 0 Å². The van der Waals surface area contributed by atoms with Gasteiger partial charge in [-0.2, -0.15) is 0 Å². The second-order valence-corrected chi connectivity index (χ2v) is 5.70. The van der Waals surface area contributed by atoms with E-state index in [-0.39, 0.29) is 24.2 Å². The maximum atomic E-state index is 12.2. The largest absolute Gasteiger partial charge is 0.396 e. The van der Waals surface area contributed by atoms with Crippen LogP contribution in [0.5, 0.6) is 0 Å². The number of hydrogen-bond acceptors (Lipinski definition) is 2. The van der Waals surface area contributed by atoms with E-state index in [1.54, 1.807) is 0 Å². The van der Waals surface area contributed by atoms with Gasteiger partial charge < -0.3 is 15.7 Å². The first kappa shape index (κ1) is 17.5. The van der Waals surface area contributed by atoms with E-state index in [1.807, 2.05) is 30.3 Å². The van der Waals surface area contributed by atoms with E-state index in [0.29, 0.717) is 6.42 Å². The van der Waals surface area contributed by atoms with Gasteiger partial charge >= 0.3 is 6.03 Å². The minimum Gasteiger partial charge on any atom is -0.396 e. The lowest BCUT2D eigenvalue weighted by Crippen LogP contribution is -2.50. The number of rotatable bonds is 8. The topological polar surface area (TPSA) is 61.4 Å². The van der Waals surface area contributed by atoms with Gasteiger partial charge in [0.25, 0.3) is 0 Å². The van der Waals surface area contributed by atoms with Crippen molar-refractivity contribution in [3.8, 4) is 0 Å². The Morgan fingerprint density at radius 3 is 2.38 bits per heavy atom. The highest BCUT2D eigenvalue weighted by molar-refractivity contribution is 5.75. The van der Waals surface area contributed by atoms with Crippen LogP contribution in [0.2, 0.25) is 0 Å². The summed E-state index contributed by atoms with van der Waals surface area (Å²) in [5.41, 5.74) is 0.887. The molecule has 1 aromatic carbocycles. The highest BCUT2D eigenvalue weighted by Crippen LogP contribution is 2.19. The highest BCUT2D eigenvalue weighted by atomic mass is 16.3. The van der Waals surface area contributed by atoms with Gasteiger partial charge in [0, 0.05) is 12.1 Å². The van der Waals surface area contributed by atoms with E-state index < -0.39 is 0 Å². The molecule has 0 fully saturated rings. The molecular weight excluding hydrogens is 264 g/mol. The van der Waals surface area contributed by atoms with Gasteiger partial charge in [-0.15, -0.1) is 0 Å². The van der Waals surface area contributed by atoms with Gasteiger partial charge in [0.1, 0.15) is 0 Å². The molecule has 0 aliphatic carbocycles. The summed E-state index contributed by atoms with van der Waals surface area (Å²) < 4.78 is 0. The third kappa shape index (κ3) is 5.76. The van der Waals surface area contributed by atoms with Crippen molar-refractivity contribution >= 4 is 6.03 Å². The van der Waals surface area contributed by atoms with Crippen LogP contribution in [0.25, 0.3) is 0 Å². The third-order valence-corrected chi connectivity index (χ3v) is 4.13. The predicted molar refractivity (Wildman–Crippen MR) is 86.2 cm³/mol. The molecule has 0 bridgehead atoms. The van der Waals surface area contributed by atoms with Gasteiger partial charge in [-0.05, 0) is 38.2 Å². The Hall–Kier alpha value is -1.55. The summed E-state index contributed by atoms with van der Waals surface area (Å²) in [5, 5.41) is 15.1. The van der Waals surface area contributed by atoms with Crippen molar-refractivity contribution in [1.82, 2.24) is 10.6 Å². The molecule has 0 aromatic heterocycles. The molecule has 4 nitrogen and oxygen atoms in total. The Morgan fingerprint density at radius 2 is 1.86 bits per heavy atom. The molecule has 1 aromatic rings. The lowest BCUT2D eigenvalue weighted by molar-refractivity contribution is 0.217. The summed E-state index contributed by atoms with van der Waals surface area (Å²) in [6, 6.07) is 9.66. The smallest absolute Gasteiger partial charge is 0.315 e. The zero-order valence-electron chi connectivity index (χ0n) is 13.4. The molecule has 0 radical (unpaired) electrons. The van der Waals surface area contributed by atoms with Crippen LogP contribution >= 0.6 is 0 Å². The van der Waals surface area contributed by atoms with Crippen molar-refractivity contribution in [2.75, 3.05) is 6.61 Å². The maximum Gasteiger partial charge on any atom is 0.315 e. The van der Waals surface area contributed by atoms with E-state index in [2.05, 4.69) is 31.4 Å². The molecule has 1 unspecified atom stereocenters. The molecule has 2 amide bonds. The maximum absolute atomic E-state index is 12.2. The fourth-order valence-corrected chi connectivity index (χ4v) is 2.20.